The van der Waals surface area contributed by atoms with Gasteiger partial charge in [-0.25, -0.2) is 18.4 Å². The summed E-state index contributed by atoms with van der Waals surface area (Å²) in [5.74, 6) is -0.301. The Morgan fingerprint density at radius 2 is 1.97 bits per heavy atom. The number of hydrogen-bond donors (Lipinski definition) is 2. The summed E-state index contributed by atoms with van der Waals surface area (Å²) >= 11 is 6.30. The van der Waals surface area contributed by atoms with Crippen molar-refractivity contribution in [1.29, 1.82) is 0 Å². The van der Waals surface area contributed by atoms with Crippen molar-refractivity contribution in [3.63, 3.8) is 0 Å². The van der Waals surface area contributed by atoms with Crippen molar-refractivity contribution in [3.05, 3.63) is 70.2 Å². The minimum atomic E-state index is -3.27. The highest BCUT2D eigenvalue weighted by Crippen LogP contribution is 2.27. The van der Waals surface area contributed by atoms with Crippen LogP contribution in [0.5, 0.6) is 0 Å². The van der Waals surface area contributed by atoms with Crippen molar-refractivity contribution >= 4 is 38.7 Å². The number of rotatable bonds is 7. The van der Waals surface area contributed by atoms with Gasteiger partial charge in [-0.1, -0.05) is 35.9 Å². The van der Waals surface area contributed by atoms with Gasteiger partial charge in [0.15, 0.2) is 15.5 Å². The Hall–Kier alpha value is -2.91. The molecule has 8 nitrogen and oxygen atoms in total. The van der Waals surface area contributed by atoms with Crippen LogP contribution in [0.25, 0.3) is 5.65 Å². The van der Waals surface area contributed by atoms with Gasteiger partial charge in [-0.3, -0.25) is 9.20 Å². The van der Waals surface area contributed by atoms with Crippen LogP contribution < -0.4 is 10.6 Å². The molecule has 3 aromatic rings. The molecule has 1 amide bonds. The van der Waals surface area contributed by atoms with Gasteiger partial charge in [-0.05, 0) is 32.4 Å². The molecule has 164 valence electrons. The van der Waals surface area contributed by atoms with Crippen molar-refractivity contribution in [1.82, 2.24) is 19.7 Å². The molecule has 31 heavy (non-hydrogen) atoms. The molecule has 2 atom stereocenters. The highest BCUT2D eigenvalue weighted by atomic mass is 35.5. The third-order valence-electron chi connectivity index (χ3n) is 4.53. The summed E-state index contributed by atoms with van der Waals surface area (Å²) in [6.45, 7) is 5.48. The van der Waals surface area contributed by atoms with Crippen LogP contribution in [0.1, 0.15) is 41.8 Å². The molecule has 0 fully saturated rings. The van der Waals surface area contributed by atoms with Gasteiger partial charge < -0.3 is 10.6 Å². The maximum atomic E-state index is 12.8. The lowest BCUT2D eigenvalue weighted by molar-refractivity contribution is 0.0935. The zero-order valence-electron chi connectivity index (χ0n) is 17.6. The van der Waals surface area contributed by atoms with E-state index < -0.39 is 21.8 Å². The van der Waals surface area contributed by atoms with E-state index in [4.69, 9.17) is 11.6 Å². The second-order valence-corrected chi connectivity index (χ2v) is 9.72. The fourth-order valence-electron chi connectivity index (χ4n) is 3.08. The van der Waals surface area contributed by atoms with Crippen molar-refractivity contribution < 1.29 is 13.2 Å². The van der Waals surface area contributed by atoms with Crippen LogP contribution in [0, 0.1) is 6.92 Å². The molecular formula is C21H24ClN5O3S. The lowest BCUT2D eigenvalue weighted by atomic mass is 10.1. The van der Waals surface area contributed by atoms with Gasteiger partial charge in [0.1, 0.15) is 0 Å². The summed E-state index contributed by atoms with van der Waals surface area (Å²) in [6.07, 6.45) is 5.78. The topological polar surface area (TPSA) is 105 Å². The van der Waals surface area contributed by atoms with Gasteiger partial charge in [-0.2, -0.15) is 0 Å². The third kappa shape index (κ3) is 5.62. The molecule has 0 radical (unpaired) electrons. The number of carbonyl (C=O) groups excluding carboxylic acids is 1. The number of nitrogens with zero attached hydrogens (tertiary/aromatic N) is 3. The molecule has 0 bridgehead atoms. The van der Waals surface area contributed by atoms with Crippen LogP contribution in [-0.2, 0) is 9.84 Å². The van der Waals surface area contributed by atoms with E-state index >= 15 is 0 Å². The quantitative estimate of drug-likeness (QED) is 0.557. The van der Waals surface area contributed by atoms with Crippen molar-refractivity contribution in [2.75, 3.05) is 11.6 Å². The van der Waals surface area contributed by atoms with Crippen LogP contribution in [0.3, 0.4) is 0 Å². The average Bonchev–Trinajstić information content (AvgIpc) is 3.08. The molecule has 0 unspecified atom stereocenters. The number of imidazole rings is 1. The number of hydrogen-bond acceptors (Lipinski definition) is 6. The number of sulfone groups is 1. The van der Waals surface area contributed by atoms with Crippen molar-refractivity contribution in [3.8, 4) is 0 Å². The van der Waals surface area contributed by atoms with Gasteiger partial charge in [0, 0.05) is 28.9 Å². The summed E-state index contributed by atoms with van der Waals surface area (Å²) in [4.78, 5) is 21.6. The molecule has 0 aliphatic rings. The van der Waals surface area contributed by atoms with E-state index in [2.05, 4.69) is 20.6 Å². The first kappa shape index (κ1) is 22.8. The first-order valence-electron chi connectivity index (χ1n) is 9.60. The van der Waals surface area contributed by atoms with E-state index in [1.54, 1.807) is 23.7 Å². The number of benzene rings is 1. The maximum absolute atomic E-state index is 12.8. The molecule has 2 N–H and O–H groups in total. The summed E-state index contributed by atoms with van der Waals surface area (Å²) < 4.78 is 24.2. The number of aryl methyl sites for hydroxylation is 1. The van der Waals surface area contributed by atoms with E-state index in [9.17, 15) is 13.2 Å². The zero-order chi connectivity index (χ0) is 22.8. The molecule has 3 rings (SSSR count). The van der Waals surface area contributed by atoms with Crippen LogP contribution in [-0.4, -0.2) is 41.0 Å². The Kier molecular flexibility index (Phi) is 6.66. The average molecular weight is 462 g/mol. The molecule has 0 spiro atoms. The smallest absolute Gasteiger partial charge is 0.288 e. The predicted molar refractivity (Wildman–Crippen MR) is 122 cm³/mol. The number of aromatic nitrogens is 3. The van der Waals surface area contributed by atoms with Gasteiger partial charge in [0.2, 0.25) is 5.82 Å². The third-order valence-corrected chi connectivity index (χ3v) is 5.53. The Bertz CT molecular complexity index is 1250. The number of carbonyl (C=O) groups is 1. The van der Waals surface area contributed by atoms with E-state index in [1.807, 2.05) is 38.1 Å². The molecule has 10 heteroatoms. The molecule has 2 aromatic heterocycles. The van der Waals surface area contributed by atoms with Crippen LogP contribution >= 0.6 is 11.6 Å². The molecule has 0 saturated carbocycles. The standard InChI is InChI=1S/C21H24ClN5O3S/c1-13(9-10-31(4,29)30)25-21(28)20-23-11-18(19-24-14(2)12-27(19)20)26-15(3)16-7-5-6-8-17(16)22/h5-13,15,26H,1-4H3,(H,25,28)/b10-9+/t13-,15+/m1/s1. The summed E-state index contributed by atoms with van der Waals surface area (Å²) in [5.41, 5.74) is 2.86. The van der Waals surface area contributed by atoms with Gasteiger partial charge in [0.25, 0.3) is 5.91 Å². The van der Waals surface area contributed by atoms with Crippen LogP contribution in [0.15, 0.2) is 48.1 Å². The monoisotopic (exact) mass is 461 g/mol. The minimum Gasteiger partial charge on any atom is -0.374 e. The Morgan fingerprint density at radius 1 is 1.26 bits per heavy atom. The van der Waals surface area contributed by atoms with Crippen LogP contribution in [0.2, 0.25) is 5.02 Å². The molecule has 1 aromatic carbocycles. The molecule has 0 saturated heterocycles. The molecular weight excluding hydrogens is 438 g/mol. The predicted octanol–water partition coefficient (Wildman–Crippen LogP) is 3.54. The highest BCUT2D eigenvalue weighted by Gasteiger charge is 2.19. The Morgan fingerprint density at radius 3 is 2.65 bits per heavy atom. The summed E-state index contributed by atoms with van der Waals surface area (Å²) in [6, 6.07) is 6.94. The second-order valence-electron chi connectivity index (χ2n) is 7.38. The summed E-state index contributed by atoms with van der Waals surface area (Å²) in [7, 11) is -3.27. The zero-order valence-corrected chi connectivity index (χ0v) is 19.2. The fourth-order valence-corrected chi connectivity index (χ4v) is 3.90. The Labute approximate surface area is 186 Å². The van der Waals surface area contributed by atoms with E-state index in [0.717, 1.165) is 22.9 Å². The largest absolute Gasteiger partial charge is 0.374 e. The molecule has 2 heterocycles. The first-order chi connectivity index (χ1) is 14.5. The fraction of sp³-hybridized carbons (Fsp3) is 0.286. The first-order valence-corrected chi connectivity index (χ1v) is 11.9. The number of anilines is 1. The highest BCUT2D eigenvalue weighted by molar-refractivity contribution is 7.93. The second kappa shape index (κ2) is 9.07. The summed E-state index contributed by atoms with van der Waals surface area (Å²) in [5, 5.41) is 7.80. The SMILES string of the molecule is Cc1cn2c(C(=O)N[C@H](C)/C=C/S(C)(=O)=O)ncc(N[C@@H](C)c3ccccc3Cl)c2n1. The van der Waals surface area contributed by atoms with Crippen molar-refractivity contribution in [2.24, 2.45) is 0 Å². The van der Waals surface area contributed by atoms with Crippen molar-refractivity contribution in [2.45, 2.75) is 32.9 Å². The normalized spacial score (nSPS) is 14.0. The number of halogens is 1. The van der Waals surface area contributed by atoms with Gasteiger partial charge in [0.05, 0.1) is 23.6 Å². The minimum absolute atomic E-state index is 0.114. The van der Waals surface area contributed by atoms with Crippen LogP contribution in [0.4, 0.5) is 5.69 Å². The van der Waals surface area contributed by atoms with E-state index in [0.29, 0.717) is 16.4 Å². The van der Waals surface area contributed by atoms with Gasteiger partial charge >= 0.3 is 0 Å². The number of nitrogens with one attached hydrogen (secondary N) is 2. The van der Waals surface area contributed by atoms with E-state index in [-0.39, 0.29) is 11.9 Å². The number of amides is 1. The van der Waals surface area contributed by atoms with Gasteiger partial charge in [-0.15, -0.1) is 0 Å². The molecule has 0 aliphatic heterocycles. The lowest BCUT2D eigenvalue weighted by Crippen LogP contribution is -2.33. The number of fused-ring (bicyclic) bond motifs is 1. The maximum Gasteiger partial charge on any atom is 0.288 e. The van der Waals surface area contributed by atoms with E-state index in [1.165, 1.54) is 6.08 Å². The molecule has 0 aliphatic carbocycles. The lowest BCUT2D eigenvalue weighted by Gasteiger charge is -2.18. The Balaban J connectivity index is 1.88.